The van der Waals surface area contributed by atoms with Gasteiger partial charge in [0.2, 0.25) is 5.91 Å². The summed E-state index contributed by atoms with van der Waals surface area (Å²) < 4.78 is 0. The maximum atomic E-state index is 13.6. The number of hydrogen-bond donors (Lipinski definition) is 2. The van der Waals surface area contributed by atoms with Gasteiger partial charge < -0.3 is 15.2 Å². The van der Waals surface area contributed by atoms with Crippen molar-refractivity contribution >= 4 is 34.1 Å². The molecule has 2 aromatic carbocycles. The molecule has 3 heterocycles. The molecule has 4 aromatic rings. The van der Waals surface area contributed by atoms with E-state index in [1.54, 1.807) is 6.07 Å². The lowest BCUT2D eigenvalue weighted by atomic mass is 9.98. The molecule has 5 nitrogen and oxygen atoms in total. The smallest absolute Gasteiger partial charge is 0.262 e. The predicted octanol–water partition coefficient (Wildman–Crippen LogP) is 4.16. The number of aromatic nitrogens is 1. The van der Waals surface area contributed by atoms with Gasteiger partial charge in [0, 0.05) is 36.6 Å². The Kier molecular flexibility index (Phi) is 5.30. The van der Waals surface area contributed by atoms with Crippen LogP contribution in [0.3, 0.4) is 0 Å². The van der Waals surface area contributed by atoms with Crippen LogP contribution in [-0.2, 0) is 24.2 Å². The Bertz CT molecular complexity index is 1230. The molecule has 1 aliphatic heterocycles. The van der Waals surface area contributed by atoms with Gasteiger partial charge in [0.1, 0.15) is 6.04 Å². The van der Waals surface area contributed by atoms with Crippen LogP contribution < -0.4 is 5.32 Å². The summed E-state index contributed by atoms with van der Waals surface area (Å²) in [4.78, 5) is 32.1. The molecule has 1 aliphatic rings. The minimum absolute atomic E-state index is 0.0373. The van der Waals surface area contributed by atoms with Crippen molar-refractivity contribution in [2.24, 2.45) is 0 Å². The number of carbonyl (C=O) groups is 2. The van der Waals surface area contributed by atoms with Crippen molar-refractivity contribution in [1.29, 1.82) is 0 Å². The molecule has 0 spiro atoms. The van der Waals surface area contributed by atoms with Crippen LogP contribution in [0.1, 0.15) is 26.4 Å². The van der Waals surface area contributed by atoms with Crippen molar-refractivity contribution in [1.82, 2.24) is 15.2 Å². The van der Waals surface area contributed by atoms with E-state index < -0.39 is 6.04 Å². The average molecular weight is 430 g/mol. The molecule has 0 unspecified atom stereocenters. The van der Waals surface area contributed by atoms with Gasteiger partial charge in [-0.1, -0.05) is 48.5 Å². The Balaban J connectivity index is 1.42. The lowest BCUT2D eigenvalue weighted by Gasteiger charge is -2.32. The number of nitrogens with one attached hydrogen (secondary N) is 2. The summed E-state index contributed by atoms with van der Waals surface area (Å²) in [7, 11) is 0. The molecule has 156 valence electrons. The maximum absolute atomic E-state index is 13.6. The van der Waals surface area contributed by atoms with Gasteiger partial charge >= 0.3 is 0 Å². The van der Waals surface area contributed by atoms with Gasteiger partial charge in [0.05, 0.1) is 4.88 Å². The molecule has 31 heavy (non-hydrogen) atoms. The van der Waals surface area contributed by atoms with Crippen molar-refractivity contribution in [3.8, 4) is 0 Å². The van der Waals surface area contributed by atoms with Crippen LogP contribution in [0.5, 0.6) is 0 Å². The first-order valence-corrected chi connectivity index (χ1v) is 11.3. The van der Waals surface area contributed by atoms with Crippen molar-refractivity contribution in [3.05, 3.63) is 93.8 Å². The van der Waals surface area contributed by atoms with E-state index in [9.17, 15) is 9.59 Å². The number of para-hydroxylation sites is 1. The molecule has 5 rings (SSSR count). The normalized spacial score (nSPS) is 14.3. The monoisotopic (exact) mass is 429 g/mol. The number of benzene rings is 2. The van der Waals surface area contributed by atoms with Crippen LogP contribution in [0.25, 0.3) is 10.9 Å². The fraction of sp³-hybridized carbons (Fsp3) is 0.200. The predicted molar refractivity (Wildman–Crippen MR) is 123 cm³/mol. The summed E-state index contributed by atoms with van der Waals surface area (Å²) in [5, 5.41) is 5.96. The number of nitrogens with zero attached hydrogens (tertiary/aromatic N) is 1. The second-order valence-corrected chi connectivity index (χ2v) is 8.79. The first-order valence-electron chi connectivity index (χ1n) is 10.4. The standard InChI is InChI=1S/C25H23N3O2S/c29-24(23-10-5-13-31-23)27-22(14-19-15-26-21-9-4-3-8-20(19)21)25(30)28-12-11-17-6-1-2-7-18(17)16-28/h1-10,13,15,22,26H,11-12,14,16H2,(H,27,29)/t22-/m0/s1. The molecule has 0 radical (unpaired) electrons. The van der Waals surface area contributed by atoms with Crippen molar-refractivity contribution in [2.45, 2.75) is 25.4 Å². The Morgan fingerprint density at radius 1 is 1.03 bits per heavy atom. The van der Waals surface area contributed by atoms with Gasteiger partial charge in [0.25, 0.3) is 5.91 Å². The second-order valence-electron chi connectivity index (χ2n) is 7.85. The van der Waals surface area contributed by atoms with E-state index >= 15 is 0 Å². The van der Waals surface area contributed by atoms with Crippen molar-refractivity contribution in [2.75, 3.05) is 6.54 Å². The number of rotatable bonds is 5. The summed E-state index contributed by atoms with van der Waals surface area (Å²) in [6, 6.07) is 19.3. The quantitative estimate of drug-likeness (QED) is 0.500. The van der Waals surface area contributed by atoms with Gasteiger partial charge in [-0.2, -0.15) is 0 Å². The van der Waals surface area contributed by atoms with E-state index in [-0.39, 0.29) is 11.8 Å². The van der Waals surface area contributed by atoms with Crippen LogP contribution in [0.4, 0.5) is 0 Å². The topological polar surface area (TPSA) is 65.2 Å². The zero-order valence-corrected chi connectivity index (χ0v) is 17.8. The molecule has 2 amide bonds. The second kappa shape index (κ2) is 8.40. The molecule has 1 atom stereocenters. The van der Waals surface area contributed by atoms with Crippen molar-refractivity contribution in [3.63, 3.8) is 0 Å². The summed E-state index contributed by atoms with van der Waals surface area (Å²) in [5.74, 6) is -0.240. The van der Waals surface area contributed by atoms with E-state index in [2.05, 4.69) is 22.4 Å². The largest absolute Gasteiger partial charge is 0.361 e. The Hall–Kier alpha value is -3.38. The minimum Gasteiger partial charge on any atom is -0.361 e. The van der Waals surface area contributed by atoms with Crippen LogP contribution in [0, 0.1) is 0 Å². The molecule has 0 bridgehead atoms. The highest BCUT2D eigenvalue weighted by Gasteiger charge is 2.29. The highest BCUT2D eigenvalue weighted by molar-refractivity contribution is 7.12. The van der Waals surface area contributed by atoms with Crippen molar-refractivity contribution < 1.29 is 9.59 Å². The number of fused-ring (bicyclic) bond motifs is 2. The molecule has 2 aromatic heterocycles. The number of hydrogen-bond acceptors (Lipinski definition) is 3. The molecule has 0 saturated carbocycles. The van der Waals surface area contributed by atoms with E-state index in [0.717, 1.165) is 22.9 Å². The fourth-order valence-electron chi connectivity index (χ4n) is 4.26. The van der Waals surface area contributed by atoms with E-state index in [1.807, 2.05) is 58.9 Å². The van der Waals surface area contributed by atoms with Gasteiger partial charge in [-0.3, -0.25) is 9.59 Å². The number of amides is 2. The lowest BCUT2D eigenvalue weighted by Crippen LogP contribution is -2.50. The van der Waals surface area contributed by atoms with Crippen LogP contribution in [0.2, 0.25) is 0 Å². The Morgan fingerprint density at radius 2 is 1.84 bits per heavy atom. The first-order chi connectivity index (χ1) is 15.2. The summed E-state index contributed by atoms with van der Waals surface area (Å²) >= 11 is 1.38. The maximum Gasteiger partial charge on any atom is 0.262 e. The van der Waals surface area contributed by atoms with E-state index in [4.69, 9.17) is 0 Å². The minimum atomic E-state index is -0.626. The number of carbonyl (C=O) groups excluding carboxylic acids is 2. The van der Waals surface area contributed by atoms with Crippen LogP contribution >= 0.6 is 11.3 Å². The first kappa shape index (κ1) is 19.6. The lowest BCUT2D eigenvalue weighted by molar-refractivity contribution is -0.134. The zero-order valence-electron chi connectivity index (χ0n) is 17.0. The van der Waals surface area contributed by atoms with Gasteiger partial charge in [-0.15, -0.1) is 11.3 Å². The summed E-state index contributed by atoms with van der Waals surface area (Å²) in [6.07, 6.45) is 3.21. The molecule has 0 saturated heterocycles. The number of thiophene rings is 1. The summed E-state index contributed by atoms with van der Waals surface area (Å²) in [6.45, 7) is 1.24. The molecule has 2 N–H and O–H groups in total. The molecular weight excluding hydrogens is 406 g/mol. The molecule has 6 heteroatoms. The zero-order chi connectivity index (χ0) is 21.2. The Morgan fingerprint density at radius 3 is 2.68 bits per heavy atom. The third kappa shape index (κ3) is 3.99. The molecular formula is C25H23N3O2S. The molecule has 0 fully saturated rings. The van der Waals surface area contributed by atoms with Crippen LogP contribution in [0.15, 0.2) is 72.2 Å². The highest BCUT2D eigenvalue weighted by Crippen LogP contribution is 2.23. The fourth-order valence-corrected chi connectivity index (χ4v) is 4.89. The van der Waals surface area contributed by atoms with Gasteiger partial charge in [-0.25, -0.2) is 0 Å². The summed E-state index contributed by atoms with van der Waals surface area (Å²) in [5.41, 5.74) is 4.53. The van der Waals surface area contributed by atoms with E-state index in [0.29, 0.717) is 24.4 Å². The highest BCUT2D eigenvalue weighted by atomic mass is 32.1. The number of aromatic amines is 1. The van der Waals surface area contributed by atoms with Crippen LogP contribution in [-0.4, -0.2) is 34.3 Å². The third-order valence-corrected chi connectivity index (χ3v) is 6.76. The average Bonchev–Trinajstić information content (AvgIpc) is 3.48. The SMILES string of the molecule is O=C(N[C@@H](Cc1c[nH]c2ccccc12)C(=O)N1CCc2ccccc2C1)c1cccs1. The van der Waals surface area contributed by atoms with E-state index in [1.165, 1.54) is 22.5 Å². The Labute approximate surface area is 184 Å². The van der Waals surface area contributed by atoms with Gasteiger partial charge in [0.15, 0.2) is 0 Å². The third-order valence-electron chi connectivity index (χ3n) is 5.89. The van der Waals surface area contributed by atoms with Gasteiger partial charge in [-0.05, 0) is 40.6 Å². The number of H-pyrrole nitrogens is 1. The molecule has 0 aliphatic carbocycles.